The Balaban J connectivity index is 2.41. The summed E-state index contributed by atoms with van der Waals surface area (Å²) in [4.78, 5) is 10.8. The molecular formula is C14H17ClN4O3S2. The van der Waals surface area contributed by atoms with Gasteiger partial charge < -0.3 is 9.64 Å². The van der Waals surface area contributed by atoms with Crippen molar-refractivity contribution in [2.45, 2.75) is 9.79 Å². The largest absolute Gasteiger partial charge is 0.493 e. The smallest absolute Gasteiger partial charge is 0.264 e. The van der Waals surface area contributed by atoms with Crippen LogP contribution in [0.1, 0.15) is 0 Å². The van der Waals surface area contributed by atoms with E-state index in [1.807, 2.05) is 25.3 Å². The van der Waals surface area contributed by atoms with Gasteiger partial charge in [0.05, 0.1) is 17.0 Å². The van der Waals surface area contributed by atoms with Gasteiger partial charge in [-0.2, -0.15) is 0 Å². The molecule has 1 N–H and O–H groups in total. The molecule has 0 aliphatic heterocycles. The number of halogens is 1. The molecule has 0 saturated carbocycles. The summed E-state index contributed by atoms with van der Waals surface area (Å²) in [6, 6.07) is 3.05. The fourth-order valence-electron chi connectivity index (χ4n) is 1.89. The van der Waals surface area contributed by atoms with Crippen LogP contribution in [0.2, 0.25) is 5.02 Å². The Labute approximate surface area is 150 Å². The van der Waals surface area contributed by atoms with Crippen molar-refractivity contribution in [1.29, 1.82) is 0 Å². The molecule has 0 atom stereocenters. The Kier molecular flexibility index (Phi) is 5.79. The van der Waals surface area contributed by atoms with E-state index in [1.54, 1.807) is 6.07 Å². The van der Waals surface area contributed by atoms with Gasteiger partial charge in [0.2, 0.25) is 0 Å². The number of nitrogens with zero attached hydrogens (tertiary/aromatic N) is 3. The monoisotopic (exact) mass is 388 g/mol. The first-order valence-electron chi connectivity index (χ1n) is 6.72. The molecular weight excluding hydrogens is 372 g/mol. The number of sulfonamides is 1. The lowest BCUT2D eigenvalue weighted by atomic mass is 10.4. The molecule has 0 aliphatic rings. The molecule has 10 heteroatoms. The predicted molar refractivity (Wildman–Crippen MR) is 97.0 cm³/mol. The van der Waals surface area contributed by atoms with Crippen LogP contribution in [0.5, 0.6) is 5.75 Å². The van der Waals surface area contributed by atoms with E-state index in [1.165, 1.54) is 37.3 Å². The minimum atomic E-state index is -3.86. The van der Waals surface area contributed by atoms with E-state index in [4.69, 9.17) is 16.3 Å². The van der Waals surface area contributed by atoms with Gasteiger partial charge in [-0.3, -0.25) is 4.72 Å². The highest BCUT2D eigenvalue weighted by molar-refractivity contribution is 7.98. The van der Waals surface area contributed by atoms with Crippen LogP contribution in [0, 0.1) is 0 Å². The second-order valence-corrected chi connectivity index (χ2v) is 7.87. The Hall–Kier alpha value is -1.71. The Bertz CT molecular complexity index is 844. The summed E-state index contributed by atoms with van der Waals surface area (Å²) < 4.78 is 32.7. The maximum absolute atomic E-state index is 12.6. The molecule has 24 heavy (non-hydrogen) atoms. The highest BCUT2D eigenvalue weighted by atomic mass is 35.5. The van der Waals surface area contributed by atoms with Crippen molar-refractivity contribution in [1.82, 2.24) is 9.97 Å². The fraction of sp³-hybridized carbons (Fsp3) is 0.286. The zero-order valence-corrected chi connectivity index (χ0v) is 16.0. The van der Waals surface area contributed by atoms with Crippen molar-refractivity contribution in [2.24, 2.45) is 0 Å². The Morgan fingerprint density at radius 2 is 1.96 bits per heavy atom. The molecule has 0 unspecified atom stereocenters. The number of anilines is 2. The van der Waals surface area contributed by atoms with E-state index >= 15 is 0 Å². The van der Waals surface area contributed by atoms with Gasteiger partial charge in [0, 0.05) is 32.6 Å². The topological polar surface area (TPSA) is 84.4 Å². The van der Waals surface area contributed by atoms with Crippen molar-refractivity contribution in [2.75, 3.05) is 37.1 Å². The number of methoxy groups -OCH3 is 1. The number of nitrogens with one attached hydrogen (secondary N) is 1. The van der Waals surface area contributed by atoms with E-state index in [-0.39, 0.29) is 16.5 Å². The summed E-state index contributed by atoms with van der Waals surface area (Å²) >= 11 is 7.25. The second kappa shape index (κ2) is 7.45. The molecule has 0 aliphatic carbocycles. The standard InChI is InChI=1S/C14H17ClN4O3S2/c1-19(2)14-12(23-4)6-10(8-17-14)24(20,21)18-13-11(22-3)5-9(15)7-16-13/h5-8H,1-4H3,(H,16,18). The molecule has 2 aromatic rings. The third-order valence-corrected chi connectivity index (χ3v) is 5.28. The van der Waals surface area contributed by atoms with Crippen LogP contribution in [0.15, 0.2) is 34.3 Å². The summed E-state index contributed by atoms with van der Waals surface area (Å²) in [7, 11) is 1.23. The lowest BCUT2D eigenvalue weighted by Gasteiger charge is -2.16. The fourth-order valence-corrected chi connectivity index (χ4v) is 3.77. The molecule has 0 bridgehead atoms. The molecule has 130 valence electrons. The lowest BCUT2D eigenvalue weighted by molar-refractivity contribution is 0.415. The van der Waals surface area contributed by atoms with E-state index < -0.39 is 10.0 Å². The van der Waals surface area contributed by atoms with E-state index in [0.29, 0.717) is 10.8 Å². The number of pyridine rings is 2. The van der Waals surface area contributed by atoms with Crippen molar-refractivity contribution < 1.29 is 13.2 Å². The van der Waals surface area contributed by atoms with Gasteiger partial charge in [-0.1, -0.05) is 11.6 Å². The third kappa shape index (κ3) is 4.03. The van der Waals surface area contributed by atoms with Gasteiger partial charge in [0.15, 0.2) is 11.6 Å². The SMILES string of the molecule is COc1cc(Cl)cnc1NS(=O)(=O)c1cnc(N(C)C)c(SC)c1. The number of thioether (sulfide) groups is 1. The molecule has 2 heterocycles. The minimum Gasteiger partial charge on any atom is -0.493 e. The molecule has 2 rings (SSSR count). The van der Waals surface area contributed by atoms with Crippen LogP contribution in [0.25, 0.3) is 0 Å². The molecule has 0 aromatic carbocycles. The highest BCUT2D eigenvalue weighted by Crippen LogP contribution is 2.30. The third-order valence-electron chi connectivity index (χ3n) is 3.03. The van der Waals surface area contributed by atoms with Gasteiger partial charge in [-0.15, -0.1) is 11.8 Å². The van der Waals surface area contributed by atoms with Crippen LogP contribution < -0.4 is 14.4 Å². The number of rotatable bonds is 6. The van der Waals surface area contributed by atoms with Crippen LogP contribution in [-0.4, -0.2) is 45.8 Å². The number of ether oxygens (including phenoxy) is 1. The summed E-state index contributed by atoms with van der Waals surface area (Å²) in [6.07, 6.45) is 4.50. The lowest BCUT2D eigenvalue weighted by Crippen LogP contribution is -2.17. The van der Waals surface area contributed by atoms with Gasteiger partial charge >= 0.3 is 0 Å². The van der Waals surface area contributed by atoms with Crippen LogP contribution >= 0.6 is 23.4 Å². The van der Waals surface area contributed by atoms with Gasteiger partial charge in [0.1, 0.15) is 10.7 Å². The van der Waals surface area contributed by atoms with Gasteiger partial charge in [-0.05, 0) is 12.3 Å². The molecule has 0 spiro atoms. The zero-order valence-electron chi connectivity index (χ0n) is 13.6. The first kappa shape index (κ1) is 18.6. The van der Waals surface area contributed by atoms with Crippen LogP contribution in [0.4, 0.5) is 11.6 Å². The van der Waals surface area contributed by atoms with E-state index in [0.717, 1.165) is 4.90 Å². The van der Waals surface area contributed by atoms with Crippen molar-refractivity contribution in [3.63, 3.8) is 0 Å². The summed E-state index contributed by atoms with van der Waals surface area (Å²) in [5.41, 5.74) is 0. The van der Waals surface area contributed by atoms with Crippen molar-refractivity contribution in [3.05, 3.63) is 29.5 Å². The van der Waals surface area contributed by atoms with Gasteiger partial charge in [-0.25, -0.2) is 18.4 Å². The number of hydrogen-bond acceptors (Lipinski definition) is 7. The normalized spacial score (nSPS) is 11.2. The second-order valence-electron chi connectivity index (χ2n) is 4.90. The number of aromatic nitrogens is 2. The quantitative estimate of drug-likeness (QED) is 0.761. The first-order chi connectivity index (χ1) is 11.3. The van der Waals surface area contributed by atoms with E-state index in [9.17, 15) is 8.42 Å². The molecule has 0 fully saturated rings. The molecule has 0 saturated heterocycles. The Morgan fingerprint density at radius 1 is 1.25 bits per heavy atom. The zero-order chi connectivity index (χ0) is 17.9. The Morgan fingerprint density at radius 3 is 2.54 bits per heavy atom. The molecule has 2 aromatic heterocycles. The average Bonchev–Trinajstić information content (AvgIpc) is 2.55. The maximum Gasteiger partial charge on any atom is 0.264 e. The summed E-state index contributed by atoms with van der Waals surface area (Å²) in [6.45, 7) is 0. The average molecular weight is 389 g/mol. The minimum absolute atomic E-state index is 0.0382. The van der Waals surface area contributed by atoms with Crippen LogP contribution in [0.3, 0.4) is 0 Å². The van der Waals surface area contributed by atoms with E-state index in [2.05, 4.69) is 14.7 Å². The number of hydrogen-bond donors (Lipinski definition) is 1. The molecule has 7 nitrogen and oxygen atoms in total. The summed E-state index contributed by atoms with van der Waals surface area (Å²) in [5, 5.41) is 0.344. The highest BCUT2D eigenvalue weighted by Gasteiger charge is 2.20. The molecule has 0 amide bonds. The van der Waals surface area contributed by atoms with Crippen molar-refractivity contribution >= 4 is 45.0 Å². The first-order valence-corrected chi connectivity index (χ1v) is 9.80. The molecule has 0 radical (unpaired) electrons. The van der Waals surface area contributed by atoms with Gasteiger partial charge in [0.25, 0.3) is 10.0 Å². The van der Waals surface area contributed by atoms with Crippen molar-refractivity contribution in [3.8, 4) is 5.75 Å². The van der Waals surface area contributed by atoms with Crippen LogP contribution in [-0.2, 0) is 10.0 Å². The summed E-state index contributed by atoms with van der Waals surface area (Å²) in [5.74, 6) is 0.988. The predicted octanol–water partition coefficient (Wildman–Crippen LogP) is 2.73. The maximum atomic E-state index is 12.6.